The third-order valence-corrected chi connectivity index (χ3v) is 17.7. The zero-order valence-corrected chi connectivity index (χ0v) is 70.2. The second-order valence-electron chi connectivity index (χ2n) is 22.7. The summed E-state index contributed by atoms with van der Waals surface area (Å²) in [6.07, 6.45) is -0.224. The Balaban J connectivity index is 0.000000347. The number of rotatable bonds is 20. The molecule has 0 fully saturated rings. The summed E-state index contributed by atoms with van der Waals surface area (Å²) in [5.74, 6) is -6.76. The third-order valence-electron chi connectivity index (χ3n) is 13.6. The summed E-state index contributed by atoms with van der Waals surface area (Å²) in [6.45, 7) is 5.21. The lowest BCUT2D eigenvalue weighted by molar-refractivity contribution is -0.152. The molecule has 10 aromatic carbocycles. The molecule has 38 heteroatoms. The van der Waals surface area contributed by atoms with Crippen LogP contribution >= 0.6 is 162 Å². The highest BCUT2D eigenvalue weighted by Crippen LogP contribution is 2.37. The molecule has 0 radical (unpaired) electrons. The molecule has 0 atom stereocenters. The van der Waals surface area contributed by atoms with E-state index in [2.05, 4.69) is 5.32 Å². The van der Waals surface area contributed by atoms with Crippen LogP contribution in [0.4, 0.5) is 11.4 Å². The van der Waals surface area contributed by atoms with Crippen LogP contribution in [0.2, 0.25) is 60.3 Å². The van der Waals surface area contributed by atoms with E-state index in [4.69, 9.17) is 228 Å². The molecular weight excluding hydrogens is 1800 g/mol. The molecule has 0 heterocycles. The molecule has 24 nitrogen and oxygen atoms in total. The van der Waals surface area contributed by atoms with Crippen molar-refractivity contribution in [2.75, 3.05) is 31.4 Å². The molecule has 0 saturated heterocycles. The number of hydrogen-bond donors (Lipinski definition) is 10. The zero-order chi connectivity index (χ0) is 86.9. The second-order valence-corrected chi connectivity index (χ2v) is 29.4. The van der Waals surface area contributed by atoms with Crippen LogP contribution in [0, 0.1) is 6.92 Å². The summed E-state index contributed by atoms with van der Waals surface area (Å²) in [6, 6.07) is 49.2. The van der Waals surface area contributed by atoms with Crippen LogP contribution in [0.25, 0.3) is 10.8 Å². The Hall–Kier alpha value is -9.45. The summed E-state index contributed by atoms with van der Waals surface area (Å²) < 4.78 is 24.1. The van der Waals surface area contributed by atoms with Gasteiger partial charge in [-0.25, -0.2) is 33.6 Å². The first-order chi connectivity index (χ1) is 53.7. The molecule has 0 saturated carbocycles. The molecule has 10 aromatic rings. The number of aliphatic carboxylic acids is 5. The second kappa shape index (κ2) is 48.2. The van der Waals surface area contributed by atoms with Crippen LogP contribution in [0.3, 0.4) is 0 Å². The number of ether oxygens (including phenoxy) is 5. The lowest BCUT2D eigenvalue weighted by Crippen LogP contribution is -2.37. The minimum absolute atomic E-state index is 0.0137. The number of nitrogens with one attached hydrogen (secondary N) is 1. The van der Waals surface area contributed by atoms with Crippen molar-refractivity contribution in [1.82, 2.24) is 0 Å². The highest BCUT2D eigenvalue weighted by molar-refractivity contribution is 6.57. The molecule has 610 valence electrons. The number of nitrogens with two attached hydrogens (primary N) is 1. The number of amides is 1. The van der Waals surface area contributed by atoms with E-state index in [9.17, 15) is 48.3 Å². The summed E-state index contributed by atoms with van der Waals surface area (Å²) in [5, 5.41) is 77.3. The predicted octanol–water partition coefficient (Wildman–Crippen LogP) is 22.9. The van der Waals surface area contributed by atoms with E-state index in [-0.39, 0.29) is 71.8 Å². The van der Waals surface area contributed by atoms with Gasteiger partial charge in [-0.05, 0) is 172 Å². The number of carbonyl (C=O) groups is 9. The van der Waals surface area contributed by atoms with Gasteiger partial charge < -0.3 is 75.6 Å². The first-order valence-corrected chi connectivity index (χ1v) is 36.8. The molecule has 1 amide bonds. The Morgan fingerprint density at radius 2 is 0.904 bits per heavy atom. The number of carboxylic acids is 8. The zero-order valence-electron chi connectivity index (χ0n) is 59.6. The first kappa shape index (κ1) is 99.7. The van der Waals surface area contributed by atoms with E-state index >= 15 is 0 Å². The average molecular weight is 1860 g/mol. The topological polar surface area (TPSA) is 400 Å². The number of benzene rings is 10. The van der Waals surface area contributed by atoms with Gasteiger partial charge in [0, 0.05) is 41.8 Å². The number of carbonyl (C=O) groups excluding carboxylic acids is 1. The highest BCUT2D eigenvalue weighted by Gasteiger charge is 2.30. The molecule has 0 bridgehead atoms. The van der Waals surface area contributed by atoms with Crippen molar-refractivity contribution >= 4 is 238 Å². The van der Waals surface area contributed by atoms with Gasteiger partial charge in [-0.1, -0.05) is 211 Å². The molecule has 0 unspecified atom stereocenters. The maximum Gasteiger partial charge on any atom is 0.347 e. The van der Waals surface area contributed by atoms with E-state index in [0.717, 1.165) is 16.3 Å². The summed E-state index contributed by atoms with van der Waals surface area (Å²) >= 11 is 78.7. The Labute approximate surface area is 725 Å². The minimum Gasteiger partial charge on any atom is -0.494 e. The number of hydrogen-bond acceptors (Lipinski definition) is 15. The van der Waals surface area contributed by atoms with Gasteiger partial charge in [-0.3, -0.25) is 9.59 Å². The van der Waals surface area contributed by atoms with Gasteiger partial charge in [-0.15, -0.1) is 0 Å². The Bertz CT molecular complexity index is 5060. The normalized spacial score (nSPS) is 10.3. The van der Waals surface area contributed by atoms with Crippen LogP contribution in [0.15, 0.2) is 182 Å². The van der Waals surface area contributed by atoms with Gasteiger partial charge in [0.05, 0.1) is 71.1 Å². The van der Waals surface area contributed by atoms with Crippen LogP contribution in [0.5, 0.6) is 34.5 Å². The van der Waals surface area contributed by atoms with Crippen LogP contribution in [0.1, 0.15) is 73.3 Å². The maximum atomic E-state index is 12.4. The number of aromatic carboxylic acids is 3. The van der Waals surface area contributed by atoms with E-state index < -0.39 is 70.2 Å². The number of aryl methyl sites for hydroxylation is 1. The van der Waals surface area contributed by atoms with Gasteiger partial charge in [0.1, 0.15) is 34.3 Å². The van der Waals surface area contributed by atoms with E-state index in [1.165, 1.54) is 88.5 Å². The van der Waals surface area contributed by atoms with Gasteiger partial charge >= 0.3 is 47.8 Å². The Kier molecular flexibility index (Phi) is 41.8. The van der Waals surface area contributed by atoms with Crippen LogP contribution in [-0.4, -0.2) is 125 Å². The fraction of sp³-hybridized carbons (Fsp3) is 0.130. The minimum atomic E-state index is -1.64. The molecule has 0 aromatic heterocycles. The maximum absolute atomic E-state index is 12.4. The smallest absolute Gasteiger partial charge is 0.347 e. The van der Waals surface area contributed by atoms with Crippen molar-refractivity contribution in [3.8, 4) is 34.5 Å². The first-order valence-electron chi connectivity index (χ1n) is 31.5. The lowest BCUT2D eigenvalue weighted by Gasteiger charge is -2.21. The van der Waals surface area contributed by atoms with Crippen molar-refractivity contribution in [1.29, 1.82) is 0 Å². The standard InChI is InChI=1S/C18H13NO3.C16H14Cl2O4.C9H9ClO3.C8H5Cl3O2.2C8H6Cl2O3.C7H5Cl2NO2.C3H4Cl2O2/c20-17(14-9-3-4-10-15(14)18(21)22)19-16-11-5-7-12-6-1-2-8-13(12)16;1-16(2,15(19)20)22-12-6-4-11(5-7-12)21-14-8-3-10(17)9-13(14)18;1-6-4-7(10)2-3-8(6)13-5-9(11)12;9-5-1-2-6(10)8(11)4(5)3-7(12)13;1-13-7-5(10)3-2-4(9)6(7)8(11)12;9-5-1-2-7(6(10)3-5)13-4-8(11)12;8-3-1-4(7(11)12)6(9)5(10)2-3;1-3(4,5)2(6)7/h1-11H,(H,19,20)(H,21,22);3-9H,1-2H3,(H,19,20);2-4H,5H2,1H3,(H,11,12);1-2H,3H2,(H,12,13);2-3H,1H3,(H,11,12);1-3H,4H2,(H,11,12);1-2H,10H2,(H,11,12);1H3,(H,6,7). The number of nitrogen functional groups attached to an aromatic ring is 1. The quantitative estimate of drug-likeness (QED) is 0.0192. The van der Waals surface area contributed by atoms with Gasteiger partial charge in [0.15, 0.2) is 24.6 Å². The molecule has 0 aliphatic heterocycles. The molecule has 0 aliphatic rings. The van der Waals surface area contributed by atoms with Crippen LogP contribution < -0.4 is 34.7 Å². The fourth-order valence-corrected chi connectivity index (χ4v) is 10.9. The number of methoxy groups -OCH3 is 1. The number of anilines is 2. The van der Waals surface area contributed by atoms with Crippen molar-refractivity contribution in [3.63, 3.8) is 0 Å². The van der Waals surface area contributed by atoms with Gasteiger partial charge in [0.2, 0.25) is 4.33 Å². The van der Waals surface area contributed by atoms with E-state index in [1.807, 2.05) is 43.3 Å². The van der Waals surface area contributed by atoms with E-state index in [1.54, 1.807) is 84.9 Å². The molecule has 115 heavy (non-hydrogen) atoms. The van der Waals surface area contributed by atoms with Crippen molar-refractivity contribution in [3.05, 3.63) is 276 Å². The number of carboxylic acid groups (broad SMARTS) is 8. The SMILES string of the molecule is CC(C)(Oc1ccc(Oc2ccc(Cl)cc2Cl)cc1)C(=O)O.CC(Cl)(Cl)C(=O)O.COc1c(Cl)ccc(Cl)c1C(=O)O.Cc1cc(Cl)ccc1OCC(=O)O.Nc1cc(Cl)cc(C(=O)O)c1Cl.O=C(O)COc1ccc(Cl)cc1Cl.O=C(O)Cc1c(Cl)ccc(Cl)c1Cl.O=C(O)c1ccccc1C(=O)Nc1cccc2ccccc12. The summed E-state index contributed by atoms with van der Waals surface area (Å²) in [5.41, 5.74) is 6.01. The summed E-state index contributed by atoms with van der Waals surface area (Å²) in [4.78, 5) is 96.4. The molecule has 0 spiro atoms. The molecule has 0 aliphatic carbocycles. The number of alkyl halides is 2. The Morgan fingerprint density at radius 1 is 0.435 bits per heavy atom. The van der Waals surface area contributed by atoms with Gasteiger partial charge in [0.25, 0.3) is 5.91 Å². The third kappa shape index (κ3) is 34.5. The number of fused-ring (bicyclic) bond motifs is 1. The molecule has 10 rings (SSSR count). The Morgan fingerprint density at radius 3 is 1.39 bits per heavy atom. The molecular formula is C77H62Cl14N2O22. The van der Waals surface area contributed by atoms with Crippen molar-refractivity contribution in [2.45, 2.75) is 44.1 Å². The largest absolute Gasteiger partial charge is 0.494 e. The van der Waals surface area contributed by atoms with Crippen molar-refractivity contribution < 1.29 is 108 Å². The monoisotopic (exact) mass is 1860 g/mol. The average Bonchev–Trinajstić information content (AvgIpc) is 0.844. The molecule has 11 N–H and O–H groups in total. The lowest BCUT2D eigenvalue weighted by atomic mass is 10.1. The van der Waals surface area contributed by atoms with Gasteiger partial charge in [-0.2, -0.15) is 0 Å². The highest BCUT2D eigenvalue weighted by atomic mass is 35.5. The fourth-order valence-electron chi connectivity index (χ4n) is 8.22. The van der Waals surface area contributed by atoms with E-state index in [0.29, 0.717) is 75.2 Å². The number of halogens is 14. The van der Waals surface area contributed by atoms with Crippen molar-refractivity contribution in [2.24, 2.45) is 0 Å². The predicted molar refractivity (Wildman–Crippen MR) is 448 cm³/mol. The summed E-state index contributed by atoms with van der Waals surface area (Å²) in [7, 11) is 1.34. The van der Waals surface area contributed by atoms with Crippen LogP contribution in [-0.2, 0) is 30.4 Å².